The van der Waals surface area contributed by atoms with Gasteiger partial charge in [-0.15, -0.1) is 0 Å². The molecule has 0 N–H and O–H groups in total. The number of fused-ring (bicyclic) bond motifs is 4. The molecular weight excluding hydrogens is 667 g/mol. The van der Waals surface area contributed by atoms with Crippen LogP contribution in [0.5, 0.6) is 0 Å². The van der Waals surface area contributed by atoms with E-state index in [-0.39, 0.29) is 0 Å². The van der Waals surface area contributed by atoms with Crippen LogP contribution in [0.15, 0.2) is 211 Å². The average Bonchev–Trinajstić information content (AvgIpc) is 3.64. The van der Waals surface area contributed by atoms with E-state index in [2.05, 4.69) is 218 Å². The van der Waals surface area contributed by atoms with Gasteiger partial charge in [-0.05, 0) is 111 Å². The quantitative estimate of drug-likeness (QED) is 0.164. The van der Waals surface area contributed by atoms with Crippen LogP contribution < -0.4 is 4.90 Å². The molecule has 1 aromatic heterocycles. The Bertz CT molecular complexity index is 2970. The van der Waals surface area contributed by atoms with Crippen molar-refractivity contribution in [3.8, 4) is 44.5 Å². The highest BCUT2D eigenvalue weighted by molar-refractivity contribution is 6.07. The molecule has 10 aromatic rings. The van der Waals surface area contributed by atoms with Crippen LogP contribution in [-0.4, -0.2) is 0 Å². The van der Waals surface area contributed by atoms with Gasteiger partial charge in [-0.25, -0.2) is 0 Å². The Morgan fingerprint density at radius 2 is 1.00 bits per heavy atom. The second-order valence-corrected chi connectivity index (χ2v) is 14.2. The number of hydrogen-bond acceptors (Lipinski definition) is 2. The third-order valence-corrected chi connectivity index (χ3v) is 10.8. The van der Waals surface area contributed by atoms with Gasteiger partial charge in [-0.2, -0.15) is 0 Å². The highest BCUT2D eigenvalue weighted by atomic mass is 16.3. The summed E-state index contributed by atoms with van der Waals surface area (Å²) in [6, 6.07) is 74.2. The first-order valence-electron chi connectivity index (χ1n) is 18.8. The molecule has 0 bridgehead atoms. The van der Waals surface area contributed by atoms with Crippen molar-refractivity contribution in [3.63, 3.8) is 0 Å². The standard InChI is InChI=1S/C53H37NO/c1-36-13-10-24-51-53(36)49-32-27-42(35-52(49)55-51)41-20-11-21-45(33-41)54(44-29-25-38(26-30-44)37-14-4-2-5-15-37)50-34-43(28-31-48(50)40-16-6-3-7-17-40)47-23-12-19-39-18-8-9-22-46(39)47/h2-35H,1H3. The van der Waals surface area contributed by atoms with E-state index < -0.39 is 0 Å². The van der Waals surface area contributed by atoms with Crippen molar-refractivity contribution in [1.82, 2.24) is 0 Å². The van der Waals surface area contributed by atoms with E-state index in [1.54, 1.807) is 0 Å². The predicted molar refractivity (Wildman–Crippen MR) is 232 cm³/mol. The van der Waals surface area contributed by atoms with Crippen LogP contribution in [0.2, 0.25) is 0 Å². The van der Waals surface area contributed by atoms with Crippen molar-refractivity contribution in [2.75, 3.05) is 4.90 Å². The molecule has 10 rings (SSSR count). The fraction of sp³-hybridized carbons (Fsp3) is 0.0189. The van der Waals surface area contributed by atoms with Crippen molar-refractivity contribution < 1.29 is 4.42 Å². The molecule has 0 radical (unpaired) electrons. The van der Waals surface area contributed by atoms with Gasteiger partial charge in [0.2, 0.25) is 0 Å². The summed E-state index contributed by atoms with van der Waals surface area (Å²) in [4.78, 5) is 2.41. The van der Waals surface area contributed by atoms with Gasteiger partial charge < -0.3 is 9.32 Å². The fourth-order valence-corrected chi connectivity index (χ4v) is 8.09. The number of furan rings is 1. The zero-order chi connectivity index (χ0) is 36.7. The molecule has 0 aliphatic rings. The molecule has 0 spiro atoms. The molecular formula is C53H37NO. The number of rotatable bonds is 7. The zero-order valence-corrected chi connectivity index (χ0v) is 30.5. The Hall–Kier alpha value is -7.16. The van der Waals surface area contributed by atoms with Crippen LogP contribution in [-0.2, 0) is 0 Å². The minimum absolute atomic E-state index is 0.898. The second kappa shape index (κ2) is 13.7. The number of hydrogen-bond donors (Lipinski definition) is 0. The summed E-state index contributed by atoms with van der Waals surface area (Å²) in [7, 11) is 0. The minimum Gasteiger partial charge on any atom is -0.456 e. The lowest BCUT2D eigenvalue weighted by Crippen LogP contribution is -2.11. The van der Waals surface area contributed by atoms with Crippen LogP contribution in [0.4, 0.5) is 17.1 Å². The van der Waals surface area contributed by atoms with Gasteiger partial charge in [0, 0.05) is 27.7 Å². The van der Waals surface area contributed by atoms with Gasteiger partial charge >= 0.3 is 0 Å². The summed E-state index contributed by atoms with van der Waals surface area (Å²) >= 11 is 0. The largest absolute Gasteiger partial charge is 0.456 e. The number of nitrogens with zero attached hydrogens (tertiary/aromatic N) is 1. The first-order chi connectivity index (χ1) is 27.2. The third-order valence-electron chi connectivity index (χ3n) is 10.8. The molecule has 260 valence electrons. The van der Waals surface area contributed by atoms with Gasteiger partial charge in [0.1, 0.15) is 11.2 Å². The Labute approximate surface area is 321 Å². The van der Waals surface area contributed by atoms with Crippen LogP contribution >= 0.6 is 0 Å². The Balaban J connectivity index is 1.18. The predicted octanol–water partition coefficient (Wildman–Crippen LogP) is 15.2. The van der Waals surface area contributed by atoms with Crippen molar-refractivity contribution in [3.05, 3.63) is 212 Å². The minimum atomic E-state index is 0.898. The lowest BCUT2D eigenvalue weighted by atomic mass is 9.94. The normalized spacial score (nSPS) is 11.4. The topological polar surface area (TPSA) is 16.4 Å². The lowest BCUT2D eigenvalue weighted by Gasteiger charge is -2.29. The third kappa shape index (κ3) is 5.95. The summed E-state index contributed by atoms with van der Waals surface area (Å²) in [5.74, 6) is 0. The molecule has 0 fully saturated rings. The molecule has 1 heterocycles. The van der Waals surface area contributed by atoms with Gasteiger partial charge in [0.25, 0.3) is 0 Å². The van der Waals surface area contributed by atoms with Gasteiger partial charge in [0.15, 0.2) is 0 Å². The van der Waals surface area contributed by atoms with Crippen LogP contribution in [0.1, 0.15) is 5.56 Å². The number of anilines is 3. The van der Waals surface area contributed by atoms with Crippen molar-refractivity contribution in [2.24, 2.45) is 0 Å². The molecule has 0 amide bonds. The van der Waals surface area contributed by atoms with E-state index in [1.807, 2.05) is 0 Å². The molecule has 0 atom stereocenters. The van der Waals surface area contributed by atoms with Crippen molar-refractivity contribution in [1.29, 1.82) is 0 Å². The molecule has 0 saturated carbocycles. The Morgan fingerprint density at radius 1 is 0.364 bits per heavy atom. The highest BCUT2D eigenvalue weighted by Crippen LogP contribution is 2.45. The average molecular weight is 704 g/mol. The van der Waals surface area contributed by atoms with E-state index >= 15 is 0 Å². The zero-order valence-electron chi connectivity index (χ0n) is 30.5. The first-order valence-corrected chi connectivity index (χ1v) is 18.8. The van der Waals surface area contributed by atoms with E-state index in [9.17, 15) is 0 Å². The number of benzene rings is 9. The van der Waals surface area contributed by atoms with E-state index in [0.717, 1.165) is 55.9 Å². The van der Waals surface area contributed by atoms with Crippen LogP contribution in [0.25, 0.3) is 77.2 Å². The van der Waals surface area contributed by atoms with Gasteiger partial charge in [0.05, 0.1) is 5.69 Å². The molecule has 0 saturated heterocycles. The molecule has 2 nitrogen and oxygen atoms in total. The van der Waals surface area contributed by atoms with E-state index in [0.29, 0.717) is 0 Å². The first kappa shape index (κ1) is 32.5. The highest BCUT2D eigenvalue weighted by Gasteiger charge is 2.20. The molecule has 0 aliphatic heterocycles. The molecule has 2 heteroatoms. The van der Waals surface area contributed by atoms with Crippen LogP contribution in [0, 0.1) is 6.92 Å². The maximum absolute atomic E-state index is 6.40. The van der Waals surface area contributed by atoms with Gasteiger partial charge in [-0.1, -0.05) is 158 Å². The van der Waals surface area contributed by atoms with E-state index in [1.165, 1.54) is 44.0 Å². The van der Waals surface area contributed by atoms with Gasteiger partial charge in [-0.3, -0.25) is 0 Å². The summed E-state index contributed by atoms with van der Waals surface area (Å²) in [5.41, 5.74) is 15.6. The van der Waals surface area contributed by atoms with Crippen LogP contribution in [0.3, 0.4) is 0 Å². The molecule has 0 aliphatic carbocycles. The monoisotopic (exact) mass is 703 g/mol. The maximum atomic E-state index is 6.40. The molecule has 55 heavy (non-hydrogen) atoms. The SMILES string of the molecule is Cc1cccc2oc3cc(-c4cccc(N(c5ccc(-c6ccccc6)cc5)c5cc(-c6cccc7ccccc67)ccc5-c5ccccc5)c4)ccc3c12. The van der Waals surface area contributed by atoms with Crippen molar-refractivity contribution >= 4 is 49.8 Å². The van der Waals surface area contributed by atoms with Crippen molar-refractivity contribution in [2.45, 2.75) is 6.92 Å². The lowest BCUT2D eigenvalue weighted by molar-refractivity contribution is 0.669. The smallest absolute Gasteiger partial charge is 0.136 e. The summed E-state index contributed by atoms with van der Waals surface area (Å²) in [6.07, 6.45) is 0. The fourth-order valence-electron chi connectivity index (χ4n) is 8.09. The molecule has 9 aromatic carbocycles. The summed E-state index contributed by atoms with van der Waals surface area (Å²) in [5, 5.41) is 4.79. The summed E-state index contributed by atoms with van der Waals surface area (Å²) in [6.45, 7) is 2.15. The maximum Gasteiger partial charge on any atom is 0.136 e. The van der Waals surface area contributed by atoms with E-state index in [4.69, 9.17) is 4.42 Å². The Morgan fingerprint density at radius 3 is 1.84 bits per heavy atom. The molecule has 0 unspecified atom stereocenters. The second-order valence-electron chi connectivity index (χ2n) is 14.2. The number of aryl methyl sites for hydroxylation is 1. The summed E-state index contributed by atoms with van der Waals surface area (Å²) < 4.78 is 6.40. The Kier molecular flexibility index (Phi) is 8.08.